The number of rotatable bonds is 1. The first-order valence-corrected chi connectivity index (χ1v) is 20.6. The van der Waals surface area contributed by atoms with Gasteiger partial charge in [0.25, 0.3) is 0 Å². The van der Waals surface area contributed by atoms with Crippen molar-refractivity contribution in [3.05, 3.63) is 222 Å². The summed E-state index contributed by atoms with van der Waals surface area (Å²) in [5, 5.41) is 2.70. The molecular weight excluding hydrogens is 707 g/mol. The number of para-hydroxylation sites is 2. The molecule has 0 radical (unpaired) electrons. The van der Waals surface area contributed by atoms with E-state index < -0.39 is 5.41 Å². The molecule has 10 aromatic rings. The highest BCUT2D eigenvalue weighted by Gasteiger charge is 2.50. The summed E-state index contributed by atoms with van der Waals surface area (Å²) in [4.78, 5) is 2.50. The molecule has 1 spiro atoms. The first kappa shape index (κ1) is 31.2. The van der Waals surface area contributed by atoms with Crippen molar-refractivity contribution in [1.29, 1.82) is 0 Å². The second kappa shape index (κ2) is 11.5. The zero-order valence-corrected chi connectivity index (χ0v) is 31.7. The van der Waals surface area contributed by atoms with Gasteiger partial charge in [-0.3, -0.25) is 0 Å². The molecule has 0 saturated carbocycles. The summed E-state index contributed by atoms with van der Waals surface area (Å²) in [5.74, 6) is 0. The molecule has 0 N–H and O–H groups in total. The second-order valence-electron chi connectivity index (χ2n) is 15.5. The quantitative estimate of drug-likeness (QED) is 0.162. The van der Waals surface area contributed by atoms with Gasteiger partial charge in [0, 0.05) is 37.0 Å². The minimum atomic E-state index is -0.558. The Balaban J connectivity index is 1.17. The summed E-state index contributed by atoms with van der Waals surface area (Å²) in [7, 11) is 0. The molecule has 13 rings (SSSR count). The van der Waals surface area contributed by atoms with Crippen molar-refractivity contribution in [3.63, 3.8) is 0 Å². The van der Waals surface area contributed by atoms with Crippen LogP contribution in [0.1, 0.15) is 22.3 Å². The summed E-state index contributed by atoms with van der Waals surface area (Å²) < 4.78 is 2.67. The van der Waals surface area contributed by atoms with Crippen LogP contribution < -0.4 is 4.90 Å². The van der Waals surface area contributed by atoms with Crippen LogP contribution in [0.2, 0.25) is 0 Å². The van der Waals surface area contributed by atoms with E-state index >= 15 is 0 Å². The highest BCUT2D eigenvalue weighted by Crippen LogP contribution is 2.64. The average molecular weight is 740 g/mol. The van der Waals surface area contributed by atoms with Crippen LogP contribution in [-0.4, -0.2) is 0 Å². The normalized spacial score (nSPS) is 15.4. The number of anilines is 3. The molecule has 9 aromatic carbocycles. The van der Waals surface area contributed by atoms with Crippen molar-refractivity contribution >= 4 is 48.6 Å². The van der Waals surface area contributed by atoms with Crippen LogP contribution in [-0.2, 0) is 5.41 Å². The zero-order chi connectivity index (χ0) is 37.2. The highest BCUT2D eigenvalue weighted by molar-refractivity contribution is 7.26. The Morgan fingerprint density at radius 3 is 1.49 bits per heavy atom. The van der Waals surface area contributed by atoms with Crippen LogP contribution in [0.25, 0.3) is 75.8 Å². The molecule has 1 aromatic heterocycles. The molecule has 1 unspecified atom stereocenters. The third-order valence-electron chi connectivity index (χ3n) is 12.8. The molecule has 264 valence electrons. The van der Waals surface area contributed by atoms with Gasteiger partial charge in [0.1, 0.15) is 0 Å². The topological polar surface area (TPSA) is 3.24 Å². The Labute approximate surface area is 335 Å². The molecule has 2 aliphatic carbocycles. The van der Waals surface area contributed by atoms with E-state index in [0.29, 0.717) is 0 Å². The predicted octanol–water partition coefficient (Wildman–Crippen LogP) is 15.2. The number of benzene rings is 9. The smallest absolute Gasteiger partial charge is 0.0725 e. The number of nitrogens with zero attached hydrogens (tertiary/aromatic N) is 1. The molecule has 1 nitrogen and oxygen atoms in total. The minimum Gasteiger partial charge on any atom is -0.309 e. The maximum atomic E-state index is 2.50. The molecule has 1 aliphatic heterocycles. The van der Waals surface area contributed by atoms with Gasteiger partial charge < -0.3 is 4.90 Å². The van der Waals surface area contributed by atoms with E-state index in [4.69, 9.17) is 0 Å². The third-order valence-corrected chi connectivity index (χ3v) is 14.0. The fraction of sp³-hybridized carbons (Fsp3) is 0.0182. The molecule has 0 bridgehead atoms. The van der Waals surface area contributed by atoms with E-state index in [1.165, 1.54) is 109 Å². The van der Waals surface area contributed by atoms with Gasteiger partial charge in [0.05, 0.1) is 16.8 Å². The standard InChI is InChI=1S/C55H33NS/c1-4-18-38-35(15-1)39-19-5-10-24-45(39)55(46-25-11-6-22-42(46)53-48(55)31-32-52-54(53)43-23-9-14-28-51(43)57-52)47-30-29-34(33-44(38)47)56-49-26-12-7-20-40(49)36-16-2-3-17-37(36)41-21-8-13-27-50(41)56/h1-33H. The lowest BCUT2D eigenvalue weighted by Gasteiger charge is -2.36. The average Bonchev–Trinajstić information content (AvgIpc) is 3.73. The van der Waals surface area contributed by atoms with E-state index in [9.17, 15) is 0 Å². The van der Waals surface area contributed by atoms with Crippen LogP contribution in [0.3, 0.4) is 0 Å². The maximum absolute atomic E-state index is 2.50. The van der Waals surface area contributed by atoms with E-state index in [1.807, 2.05) is 11.3 Å². The number of thiophene rings is 1. The van der Waals surface area contributed by atoms with Crippen LogP contribution in [0, 0.1) is 0 Å². The molecule has 2 heteroatoms. The first-order chi connectivity index (χ1) is 28.3. The molecule has 3 aliphatic rings. The van der Waals surface area contributed by atoms with Crippen molar-refractivity contribution in [2.24, 2.45) is 0 Å². The van der Waals surface area contributed by atoms with E-state index in [-0.39, 0.29) is 0 Å². The zero-order valence-electron chi connectivity index (χ0n) is 30.9. The van der Waals surface area contributed by atoms with Gasteiger partial charge in [-0.1, -0.05) is 164 Å². The Bertz CT molecular complexity index is 3260. The van der Waals surface area contributed by atoms with E-state index in [2.05, 4.69) is 205 Å². The van der Waals surface area contributed by atoms with Crippen LogP contribution >= 0.6 is 11.3 Å². The Kier molecular flexibility index (Phi) is 6.31. The monoisotopic (exact) mass is 739 g/mol. The predicted molar refractivity (Wildman–Crippen MR) is 240 cm³/mol. The lowest BCUT2D eigenvalue weighted by Crippen LogP contribution is -2.29. The fourth-order valence-corrected chi connectivity index (χ4v) is 11.8. The van der Waals surface area contributed by atoms with Gasteiger partial charge in [-0.2, -0.15) is 0 Å². The SMILES string of the molecule is c1ccc2c(c1)-c1ccccc1N(c1ccc3c(c1)-c1ccccc1-c1ccccc1C31c3ccccc3-c3c1ccc1sc4ccccc4c31)c1ccccc1-2. The number of fused-ring (bicyclic) bond motifs is 21. The minimum absolute atomic E-state index is 0.558. The van der Waals surface area contributed by atoms with Gasteiger partial charge in [0.15, 0.2) is 0 Å². The van der Waals surface area contributed by atoms with Gasteiger partial charge in [-0.05, 0) is 103 Å². The summed E-state index contributed by atoms with van der Waals surface area (Å²) in [6.45, 7) is 0. The van der Waals surface area contributed by atoms with Crippen molar-refractivity contribution < 1.29 is 0 Å². The molecule has 0 saturated heterocycles. The highest BCUT2D eigenvalue weighted by atomic mass is 32.1. The van der Waals surface area contributed by atoms with Gasteiger partial charge in [-0.25, -0.2) is 0 Å². The lowest BCUT2D eigenvalue weighted by atomic mass is 9.66. The summed E-state index contributed by atoms with van der Waals surface area (Å²) >= 11 is 1.90. The van der Waals surface area contributed by atoms with Crippen molar-refractivity contribution in [3.8, 4) is 55.6 Å². The Morgan fingerprint density at radius 1 is 0.333 bits per heavy atom. The van der Waals surface area contributed by atoms with Crippen molar-refractivity contribution in [2.75, 3.05) is 4.90 Å². The summed E-state index contributed by atoms with van der Waals surface area (Å²) in [5.41, 5.74) is 21.0. The molecule has 0 fully saturated rings. The third kappa shape index (κ3) is 4.02. The Hall–Kier alpha value is -7.00. The first-order valence-electron chi connectivity index (χ1n) is 19.8. The van der Waals surface area contributed by atoms with Crippen LogP contribution in [0.15, 0.2) is 200 Å². The van der Waals surface area contributed by atoms with Crippen LogP contribution in [0.5, 0.6) is 0 Å². The fourth-order valence-electron chi connectivity index (χ4n) is 10.7. The van der Waals surface area contributed by atoms with Crippen LogP contribution in [0.4, 0.5) is 17.1 Å². The van der Waals surface area contributed by atoms with Crippen molar-refractivity contribution in [2.45, 2.75) is 5.41 Å². The Morgan fingerprint density at radius 2 is 0.807 bits per heavy atom. The largest absolute Gasteiger partial charge is 0.309 e. The number of hydrogen-bond acceptors (Lipinski definition) is 2. The summed E-state index contributed by atoms with van der Waals surface area (Å²) in [6, 6.07) is 75.3. The van der Waals surface area contributed by atoms with Crippen molar-refractivity contribution in [1.82, 2.24) is 0 Å². The molecule has 1 atom stereocenters. The van der Waals surface area contributed by atoms with E-state index in [1.54, 1.807) is 0 Å². The molecule has 2 heterocycles. The van der Waals surface area contributed by atoms with Gasteiger partial charge in [-0.15, -0.1) is 11.3 Å². The van der Waals surface area contributed by atoms with Gasteiger partial charge >= 0.3 is 0 Å². The molecule has 0 amide bonds. The molecular formula is C55H33NS. The maximum Gasteiger partial charge on any atom is 0.0725 e. The molecule has 57 heavy (non-hydrogen) atoms. The van der Waals surface area contributed by atoms with E-state index in [0.717, 1.165) is 5.69 Å². The lowest BCUT2D eigenvalue weighted by molar-refractivity contribution is 0.776. The second-order valence-corrected chi connectivity index (χ2v) is 16.6. The van der Waals surface area contributed by atoms with Gasteiger partial charge in [0.2, 0.25) is 0 Å². The summed E-state index contributed by atoms with van der Waals surface area (Å²) in [6.07, 6.45) is 0. The number of hydrogen-bond donors (Lipinski definition) is 0.